The van der Waals surface area contributed by atoms with Gasteiger partial charge in [-0.05, 0) is 41.8 Å². The summed E-state index contributed by atoms with van der Waals surface area (Å²) < 4.78 is 15.7. The highest BCUT2D eigenvalue weighted by molar-refractivity contribution is 7.16. The maximum absolute atomic E-state index is 6.10. The Kier molecular flexibility index (Phi) is 3.54. The van der Waals surface area contributed by atoms with Crippen molar-refractivity contribution >= 4 is 32.7 Å². The molecule has 0 saturated heterocycles. The third-order valence-corrected chi connectivity index (χ3v) is 5.51. The largest absolute Gasteiger partial charge is 0.457 e. The summed E-state index contributed by atoms with van der Waals surface area (Å²) in [6.07, 6.45) is 5.49. The Morgan fingerprint density at radius 2 is 1.69 bits per heavy atom. The molecular formula is C22H14N4O2S. The van der Waals surface area contributed by atoms with E-state index in [-0.39, 0.29) is 0 Å². The van der Waals surface area contributed by atoms with Gasteiger partial charge in [-0.1, -0.05) is 12.1 Å². The van der Waals surface area contributed by atoms with Crippen molar-refractivity contribution < 1.29 is 9.15 Å². The van der Waals surface area contributed by atoms with Gasteiger partial charge in [0.05, 0.1) is 23.0 Å². The van der Waals surface area contributed by atoms with E-state index in [9.17, 15) is 0 Å². The number of hydrogen-bond acceptors (Lipinski definition) is 5. The molecule has 0 atom stereocenters. The summed E-state index contributed by atoms with van der Waals surface area (Å²) in [7, 11) is 0. The Morgan fingerprint density at radius 3 is 2.52 bits per heavy atom. The highest BCUT2D eigenvalue weighted by Gasteiger charge is 2.15. The zero-order chi connectivity index (χ0) is 19.2. The lowest BCUT2D eigenvalue weighted by atomic mass is 10.2. The lowest BCUT2D eigenvalue weighted by molar-refractivity contribution is 0.481. The Labute approximate surface area is 169 Å². The second-order valence-electron chi connectivity index (χ2n) is 6.55. The smallest absolute Gasteiger partial charge is 0.231 e. The zero-order valence-corrected chi connectivity index (χ0v) is 15.9. The highest BCUT2D eigenvalue weighted by atomic mass is 32.1. The Bertz CT molecular complexity index is 1440. The first-order chi connectivity index (χ1) is 14.3. The number of rotatable bonds is 4. The molecular weight excluding hydrogens is 384 g/mol. The third kappa shape index (κ3) is 2.71. The maximum atomic E-state index is 6.10. The van der Waals surface area contributed by atoms with Gasteiger partial charge in [-0.3, -0.25) is 0 Å². The maximum Gasteiger partial charge on any atom is 0.231 e. The van der Waals surface area contributed by atoms with Crippen LogP contribution in [0.5, 0.6) is 11.5 Å². The van der Waals surface area contributed by atoms with Crippen LogP contribution in [0.1, 0.15) is 0 Å². The molecule has 29 heavy (non-hydrogen) atoms. The second kappa shape index (κ2) is 6.35. The summed E-state index contributed by atoms with van der Waals surface area (Å²) in [5.74, 6) is 1.46. The third-order valence-electron chi connectivity index (χ3n) is 4.72. The molecule has 0 radical (unpaired) electrons. The fourth-order valence-corrected chi connectivity index (χ4v) is 4.15. The van der Waals surface area contributed by atoms with Crippen LogP contribution in [0.25, 0.3) is 32.8 Å². The van der Waals surface area contributed by atoms with Gasteiger partial charge in [-0.25, -0.2) is 9.36 Å². The van der Waals surface area contributed by atoms with Crippen molar-refractivity contribution in [2.75, 3.05) is 0 Å². The summed E-state index contributed by atoms with van der Waals surface area (Å²) in [4.78, 5) is 0.911. The number of ether oxygens (including phenoxy) is 1. The average Bonchev–Trinajstić information content (AvgIpc) is 3.51. The fourth-order valence-electron chi connectivity index (χ4n) is 3.39. The molecule has 6 nitrogen and oxygen atoms in total. The lowest BCUT2D eigenvalue weighted by Crippen LogP contribution is -1.96. The van der Waals surface area contributed by atoms with Crippen molar-refractivity contribution in [2.24, 2.45) is 0 Å². The molecule has 0 N–H and O–H groups in total. The van der Waals surface area contributed by atoms with Gasteiger partial charge in [0.2, 0.25) is 5.71 Å². The monoisotopic (exact) mass is 398 g/mol. The summed E-state index contributed by atoms with van der Waals surface area (Å²) in [5, 5.41) is 12.9. The number of hydrogen-bond donors (Lipinski definition) is 0. The highest BCUT2D eigenvalue weighted by Crippen LogP contribution is 2.34. The summed E-state index contributed by atoms with van der Waals surface area (Å²) >= 11 is 1.59. The van der Waals surface area contributed by atoms with Crippen molar-refractivity contribution in [1.29, 1.82) is 0 Å². The molecule has 0 aliphatic carbocycles. The van der Waals surface area contributed by atoms with Gasteiger partial charge in [-0.15, -0.1) is 11.3 Å². The van der Waals surface area contributed by atoms with E-state index in [1.807, 2.05) is 72.4 Å². The minimum Gasteiger partial charge on any atom is -0.457 e. The summed E-state index contributed by atoms with van der Waals surface area (Å²) in [6, 6.07) is 19.6. The molecule has 7 heteroatoms. The number of thiophene rings is 1. The molecule has 0 amide bonds. The van der Waals surface area contributed by atoms with Gasteiger partial charge < -0.3 is 9.15 Å². The normalized spacial score (nSPS) is 11.4. The van der Waals surface area contributed by atoms with Crippen LogP contribution < -0.4 is 4.74 Å². The number of aromatic nitrogens is 4. The molecule has 6 aromatic rings. The topological polar surface area (TPSA) is 58.0 Å². The second-order valence-corrected chi connectivity index (χ2v) is 7.43. The molecule has 0 bridgehead atoms. The van der Waals surface area contributed by atoms with E-state index in [0.717, 1.165) is 44.3 Å². The van der Waals surface area contributed by atoms with Gasteiger partial charge in [0.15, 0.2) is 4.90 Å². The molecule has 0 aliphatic rings. The number of nitrogens with zero attached hydrogens (tertiary/aromatic N) is 4. The van der Waals surface area contributed by atoms with Crippen molar-refractivity contribution in [3.8, 4) is 22.9 Å². The molecule has 0 spiro atoms. The molecule has 0 saturated carbocycles. The van der Waals surface area contributed by atoms with Crippen molar-refractivity contribution in [3.05, 3.63) is 84.6 Å². The first kappa shape index (κ1) is 16.1. The van der Waals surface area contributed by atoms with Crippen LogP contribution in [-0.2, 0) is 0 Å². The zero-order valence-electron chi connectivity index (χ0n) is 15.1. The van der Waals surface area contributed by atoms with Crippen LogP contribution in [0.15, 0.2) is 89.1 Å². The van der Waals surface area contributed by atoms with Crippen molar-refractivity contribution in [2.45, 2.75) is 0 Å². The average molecular weight is 398 g/mol. The van der Waals surface area contributed by atoms with E-state index >= 15 is 0 Å². The molecule has 2 aromatic carbocycles. The van der Waals surface area contributed by atoms with Crippen molar-refractivity contribution in [3.63, 3.8) is 0 Å². The van der Waals surface area contributed by atoms with Crippen LogP contribution in [0.4, 0.5) is 0 Å². The SMILES string of the molecule is c1cc(Oc2cccc(-n3ncc4c5ccsc5oc43)c2)cc(-n2cccn2)c1. The standard InChI is InChI=1S/C22H14N4O2S/c1-4-15(25-10-3-9-23-25)12-17(6-1)27-18-7-2-5-16(13-18)26-21-20(14-24-26)19-8-11-29-22(19)28-21/h1-14H. The molecule has 4 heterocycles. The minimum atomic E-state index is 0.720. The molecule has 0 unspecified atom stereocenters. The molecule has 0 aliphatic heterocycles. The predicted octanol–water partition coefficient (Wildman–Crippen LogP) is 5.81. The molecule has 0 fully saturated rings. The number of furan rings is 1. The molecule has 6 rings (SSSR count). The van der Waals surface area contributed by atoms with Gasteiger partial charge in [-0.2, -0.15) is 10.2 Å². The summed E-state index contributed by atoms with van der Waals surface area (Å²) in [6.45, 7) is 0. The van der Waals surface area contributed by atoms with Gasteiger partial charge >= 0.3 is 0 Å². The van der Waals surface area contributed by atoms with Gasteiger partial charge in [0.25, 0.3) is 0 Å². The van der Waals surface area contributed by atoms with Gasteiger partial charge in [0.1, 0.15) is 11.5 Å². The van der Waals surface area contributed by atoms with E-state index in [4.69, 9.17) is 9.15 Å². The lowest BCUT2D eigenvalue weighted by Gasteiger charge is -2.09. The quantitative estimate of drug-likeness (QED) is 0.376. The minimum absolute atomic E-state index is 0.720. The van der Waals surface area contributed by atoms with E-state index in [1.165, 1.54) is 0 Å². The Hall–Kier alpha value is -3.84. The fraction of sp³-hybridized carbons (Fsp3) is 0. The van der Waals surface area contributed by atoms with Crippen LogP contribution in [0, 0.1) is 0 Å². The number of benzene rings is 2. The predicted molar refractivity (Wildman–Crippen MR) is 112 cm³/mol. The van der Waals surface area contributed by atoms with Crippen LogP contribution in [-0.4, -0.2) is 19.6 Å². The van der Waals surface area contributed by atoms with Crippen LogP contribution in [0.2, 0.25) is 0 Å². The first-order valence-corrected chi connectivity index (χ1v) is 9.95. The number of fused-ring (bicyclic) bond motifs is 3. The van der Waals surface area contributed by atoms with E-state index in [2.05, 4.69) is 16.3 Å². The van der Waals surface area contributed by atoms with E-state index < -0.39 is 0 Å². The summed E-state index contributed by atoms with van der Waals surface area (Å²) in [5.41, 5.74) is 2.56. The first-order valence-electron chi connectivity index (χ1n) is 9.07. The van der Waals surface area contributed by atoms with Crippen LogP contribution in [0.3, 0.4) is 0 Å². The van der Waals surface area contributed by atoms with Crippen LogP contribution >= 0.6 is 11.3 Å². The Morgan fingerprint density at radius 1 is 0.862 bits per heavy atom. The molecule has 140 valence electrons. The van der Waals surface area contributed by atoms with Crippen molar-refractivity contribution in [1.82, 2.24) is 19.6 Å². The molecule has 4 aromatic heterocycles. The van der Waals surface area contributed by atoms with Gasteiger partial charge in [0, 0.05) is 29.9 Å². The van der Waals surface area contributed by atoms with E-state index in [1.54, 1.807) is 26.9 Å². The Balaban J connectivity index is 1.35. The van der Waals surface area contributed by atoms with E-state index in [0.29, 0.717) is 0 Å².